The van der Waals surface area contributed by atoms with Gasteiger partial charge in [-0.15, -0.1) is 0 Å². The van der Waals surface area contributed by atoms with Crippen molar-refractivity contribution in [3.05, 3.63) is 46.5 Å². The van der Waals surface area contributed by atoms with Crippen LogP contribution in [0, 0.1) is 10.8 Å². The Morgan fingerprint density at radius 3 is 2.75 bits per heavy atom. The van der Waals surface area contributed by atoms with E-state index in [1.165, 1.54) is 6.07 Å². The summed E-state index contributed by atoms with van der Waals surface area (Å²) in [5, 5.41) is 22.6. The first-order chi connectivity index (χ1) is 15.5. The topological polar surface area (TPSA) is 115 Å². The Hall–Kier alpha value is -2.43. The van der Waals surface area contributed by atoms with Crippen molar-refractivity contribution in [1.29, 1.82) is 0 Å². The molecule has 2 aliphatic rings. The van der Waals surface area contributed by atoms with E-state index in [9.17, 15) is 14.8 Å². The number of rotatable bonds is 12. The summed E-state index contributed by atoms with van der Waals surface area (Å²) in [6, 6.07) is 4.97. The molecule has 1 fully saturated rings. The number of piperidine rings is 1. The van der Waals surface area contributed by atoms with Crippen LogP contribution in [-0.2, 0) is 6.42 Å². The average Bonchev–Trinajstić information content (AvgIpc) is 2.79. The third-order valence-electron chi connectivity index (χ3n) is 6.13. The number of likely N-dealkylation sites (N-methyl/N-ethyl adjacent to an activating group) is 1. The molecule has 1 unspecified atom stereocenters. The molecule has 2 heterocycles. The van der Waals surface area contributed by atoms with Crippen LogP contribution in [0.5, 0.6) is 5.75 Å². The van der Waals surface area contributed by atoms with Gasteiger partial charge in [0.05, 0.1) is 11.5 Å². The zero-order valence-electron chi connectivity index (χ0n) is 18.8. The Balaban J connectivity index is 1.45. The van der Waals surface area contributed by atoms with Crippen molar-refractivity contribution >= 4 is 13.0 Å². The van der Waals surface area contributed by atoms with Gasteiger partial charge in [0.15, 0.2) is 0 Å². The minimum atomic E-state index is -1.08. The lowest BCUT2D eigenvalue weighted by Gasteiger charge is -2.34. The summed E-state index contributed by atoms with van der Waals surface area (Å²) in [5.74, 6) is -0.535. The van der Waals surface area contributed by atoms with Gasteiger partial charge in [0.1, 0.15) is 5.75 Å². The lowest BCUT2D eigenvalue weighted by Crippen LogP contribution is -2.51. The third-order valence-corrected chi connectivity index (χ3v) is 6.13. The second kappa shape index (κ2) is 12.0. The summed E-state index contributed by atoms with van der Waals surface area (Å²) >= 11 is 0. The summed E-state index contributed by atoms with van der Waals surface area (Å²) in [7, 11) is -1.00. The number of hydrogen-bond acceptors (Lipinski definition) is 8. The summed E-state index contributed by atoms with van der Waals surface area (Å²) in [6.45, 7) is 13.1. The quantitative estimate of drug-likeness (QED) is 0.218. The molecule has 0 spiro atoms. The smallest absolute Gasteiger partial charge is 0.536 e. The van der Waals surface area contributed by atoms with Crippen molar-refractivity contribution in [3.8, 4) is 5.75 Å². The number of carboxylic acid groups (broad SMARTS) is 1. The summed E-state index contributed by atoms with van der Waals surface area (Å²) < 4.78 is 5.66. The van der Waals surface area contributed by atoms with E-state index in [0.29, 0.717) is 18.9 Å². The predicted octanol–water partition coefficient (Wildman–Crippen LogP) is 1.50. The molecule has 0 amide bonds. The molecular formula is C22H34BN5O4. The number of hydrogen-bond donors (Lipinski definition) is 4. The lowest BCUT2D eigenvalue weighted by atomic mass is 9.68. The Labute approximate surface area is 190 Å². The molecule has 9 nitrogen and oxygen atoms in total. The maximum atomic E-state index is 11.4. The van der Waals surface area contributed by atoms with Crippen LogP contribution in [0.2, 0.25) is 0 Å². The number of benzene rings is 1. The number of nitroso groups, excluding NO2 is 1. The molecular weight excluding hydrogens is 409 g/mol. The van der Waals surface area contributed by atoms with Gasteiger partial charge in [-0.25, -0.2) is 4.79 Å². The van der Waals surface area contributed by atoms with Gasteiger partial charge >= 0.3 is 13.0 Å². The van der Waals surface area contributed by atoms with Crippen LogP contribution in [0.25, 0.3) is 0 Å². The fourth-order valence-electron chi connectivity index (χ4n) is 4.40. The molecule has 1 aromatic rings. The van der Waals surface area contributed by atoms with Crippen LogP contribution in [0.1, 0.15) is 35.7 Å². The van der Waals surface area contributed by atoms with Crippen LogP contribution < -0.4 is 20.6 Å². The zero-order chi connectivity index (χ0) is 22.9. The maximum absolute atomic E-state index is 11.4. The fourth-order valence-corrected chi connectivity index (χ4v) is 4.40. The SMILES string of the molecule is C=C(CN1CCC(CNCCNCC)CC1)NC1Cc2cccc(C(=O)O)c2OB1N=O. The molecule has 174 valence electrons. The van der Waals surface area contributed by atoms with E-state index in [0.717, 1.165) is 63.4 Å². The summed E-state index contributed by atoms with van der Waals surface area (Å²) in [5.41, 5.74) is 1.61. The van der Waals surface area contributed by atoms with Crippen LogP contribution in [-0.4, -0.2) is 74.8 Å². The fraction of sp³-hybridized carbons (Fsp3) is 0.591. The molecule has 3 rings (SSSR count). The van der Waals surface area contributed by atoms with E-state index in [4.69, 9.17) is 4.65 Å². The van der Waals surface area contributed by atoms with E-state index >= 15 is 0 Å². The minimum absolute atomic E-state index is 0.0485. The first-order valence-corrected chi connectivity index (χ1v) is 11.4. The molecule has 32 heavy (non-hydrogen) atoms. The number of nitrogens with one attached hydrogen (secondary N) is 3. The van der Waals surface area contributed by atoms with Crippen LogP contribution in [0.3, 0.4) is 0 Å². The number of likely N-dealkylation sites (tertiary alicyclic amines) is 1. The minimum Gasteiger partial charge on any atom is -0.536 e. The van der Waals surface area contributed by atoms with Gasteiger partial charge in [-0.1, -0.05) is 30.7 Å². The largest absolute Gasteiger partial charge is 0.570 e. The maximum Gasteiger partial charge on any atom is 0.570 e. The van der Waals surface area contributed by atoms with Crippen LogP contribution in [0.15, 0.2) is 35.6 Å². The van der Waals surface area contributed by atoms with E-state index in [-0.39, 0.29) is 17.3 Å². The van der Waals surface area contributed by atoms with Crippen LogP contribution in [0.4, 0.5) is 0 Å². The Morgan fingerprint density at radius 2 is 2.06 bits per heavy atom. The monoisotopic (exact) mass is 443 g/mol. The molecule has 10 heteroatoms. The van der Waals surface area contributed by atoms with Gasteiger partial charge in [-0.3, -0.25) is 4.90 Å². The Kier molecular flexibility index (Phi) is 9.07. The normalized spacial score (nSPS) is 19.2. The molecule has 4 N–H and O–H groups in total. The van der Waals surface area contributed by atoms with Crippen molar-refractivity contribution in [2.45, 2.75) is 32.1 Å². The molecule has 1 saturated heterocycles. The van der Waals surface area contributed by atoms with Crippen molar-refractivity contribution < 1.29 is 14.6 Å². The first kappa shape index (κ1) is 24.2. The molecule has 0 bridgehead atoms. The average molecular weight is 443 g/mol. The second-order valence-electron chi connectivity index (χ2n) is 8.55. The van der Waals surface area contributed by atoms with Crippen molar-refractivity contribution in [2.24, 2.45) is 11.0 Å². The van der Waals surface area contributed by atoms with E-state index < -0.39 is 13.0 Å². The highest BCUT2D eigenvalue weighted by Gasteiger charge is 2.39. The molecule has 0 radical (unpaired) electrons. The highest BCUT2D eigenvalue weighted by molar-refractivity contribution is 6.53. The van der Waals surface area contributed by atoms with Gasteiger partial charge in [-0.05, 0) is 63.0 Å². The molecule has 0 aliphatic carbocycles. The van der Waals surface area contributed by atoms with E-state index in [1.54, 1.807) is 6.07 Å². The van der Waals surface area contributed by atoms with E-state index in [2.05, 4.69) is 39.4 Å². The standard InChI is InChI=1S/C22H34BN5O4/c1-3-24-9-10-25-14-17-7-11-28(12-8-17)15-16(2)26-20-13-18-5-4-6-19(22(29)30)21(18)32-23(20)27-31/h4-6,17,20,24-26H,2-3,7-15H2,1H3,(H,29,30). The number of carboxylic acids is 1. The number of aromatic carboxylic acids is 1. The predicted molar refractivity (Wildman–Crippen MR) is 126 cm³/mol. The second-order valence-corrected chi connectivity index (χ2v) is 8.55. The van der Waals surface area contributed by atoms with Crippen molar-refractivity contribution in [3.63, 3.8) is 0 Å². The van der Waals surface area contributed by atoms with Crippen molar-refractivity contribution in [1.82, 2.24) is 20.9 Å². The Bertz CT molecular complexity index is 801. The molecule has 2 aliphatic heterocycles. The van der Waals surface area contributed by atoms with Gasteiger partial charge < -0.3 is 25.7 Å². The number of fused-ring (bicyclic) bond motifs is 1. The van der Waals surface area contributed by atoms with Gasteiger partial charge in [-0.2, -0.15) is 4.91 Å². The van der Waals surface area contributed by atoms with Crippen LogP contribution >= 0.6 is 0 Å². The van der Waals surface area contributed by atoms with Gasteiger partial charge in [0.25, 0.3) is 0 Å². The van der Waals surface area contributed by atoms with Gasteiger partial charge in [0.2, 0.25) is 0 Å². The van der Waals surface area contributed by atoms with Gasteiger partial charge in [0, 0.05) is 25.3 Å². The summed E-state index contributed by atoms with van der Waals surface area (Å²) in [4.78, 5) is 25.2. The molecule has 0 aromatic heterocycles. The molecule has 1 aromatic carbocycles. The van der Waals surface area contributed by atoms with Crippen molar-refractivity contribution in [2.75, 3.05) is 45.8 Å². The third kappa shape index (κ3) is 6.54. The lowest BCUT2D eigenvalue weighted by molar-refractivity contribution is 0.0694. The number of para-hydroxylation sites is 1. The Morgan fingerprint density at radius 1 is 1.31 bits per heavy atom. The molecule has 0 saturated carbocycles. The van der Waals surface area contributed by atoms with E-state index in [1.807, 2.05) is 6.07 Å². The highest BCUT2D eigenvalue weighted by Crippen LogP contribution is 2.31. The first-order valence-electron chi connectivity index (χ1n) is 11.4. The number of carbonyl (C=O) groups is 1. The number of nitrogens with zero attached hydrogens (tertiary/aromatic N) is 2. The molecule has 1 atom stereocenters. The summed E-state index contributed by atoms with van der Waals surface area (Å²) in [6.07, 6.45) is 2.75. The highest BCUT2D eigenvalue weighted by atomic mass is 16.5. The zero-order valence-corrected chi connectivity index (χ0v) is 18.8.